The Balaban J connectivity index is 1.42. The lowest BCUT2D eigenvalue weighted by Gasteiger charge is -2.38. The molecule has 0 saturated heterocycles. The van der Waals surface area contributed by atoms with Gasteiger partial charge in [-0.3, -0.25) is 14.3 Å². The molecular formula is C32H32N4O6. The minimum atomic E-state index is -0.404. The van der Waals surface area contributed by atoms with Gasteiger partial charge in [-0.2, -0.15) is 5.10 Å². The van der Waals surface area contributed by atoms with E-state index in [1.807, 2.05) is 53.6 Å². The van der Waals surface area contributed by atoms with Crippen LogP contribution in [0.1, 0.15) is 45.9 Å². The normalized spacial score (nSPS) is 16.5. The van der Waals surface area contributed by atoms with Gasteiger partial charge in [-0.15, -0.1) is 0 Å². The van der Waals surface area contributed by atoms with E-state index < -0.39 is 5.91 Å². The number of fused-ring (bicyclic) bond motifs is 6. The highest BCUT2D eigenvalue weighted by Gasteiger charge is 2.33. The lowest BCUT2D eigenvalue weighted by Crippen LogP contribution is -2.41. The Morgan fingerprint density at radius 1 is 1.14 bits per heavy atom. The molecule has 4 aromatic rings. The number of rotatable bonds is 4. The highest BCUT2D eigenvalue weighted by Crippen LogP contribution is 2.43. The summed E-state index contributed by atoms with van der Waals surface area (Å²) in [5, 5.41) is 17.4. The fourth-order valence-electron chi connectivity index (χ4n) is 5.50. The summed E-state index contributed by atoms with van der Waals surface area (Å²) in [6, 6.07) is 17.7. The number of methoxy groups -OCH3 is 1. The summed E-state index contributed by atoms with van der Waals surface area (Å²) in [5.74, 6) is 1.50. The largest absolute Gasteiger partial charge is 0.507 e. The van der Waals surface area contributed by atoms with Crippen LogP contribution in [0.5, 0.6) is 28.7 Å². The van der Waals surface area contributed by atoms with Crippen molar-refractivity contribution in [2.24, 2.45) is 0 Å². The SMILES string of the molecule is COc1cc2c3cc1Oc1ccc(O)c(c1)C(=O)NCCCOc1cccc(c1)C2N(C(=O)CCn1cccn1)CC3. The average Bonchev–Trinajstić information content (AvgIpc) is 3.53. The summed E-state index contributed by atoms with van der Waals surface area (Å²) < 4.78 is 19.8. The molecule has 0 radical (unpaired) electrons. The van der Waals surface area contributed by atoms with Gasteiger partial charge in [-0.1, -0.05) is 12.1 Å². The number of aromatic hydroxyl groups is 1. The fourth-order valence-corrected chi connectivity index (χ4v) is 5.50. The number of carbonyl (C=O) groups excluding carboxylic acids is 2. The molecule has 0 aliphatic carbocycles. The quantitative estimate of drug-likeness (QED) is 0.373. The first-order chi connectivity index (χ1) is 20.5. The maximum absolute atomic E-state index is 13.7. The fraction of sp³-hybridized carbons (Fsp3) is 0.281. The number of hydrogen-bond acceptors (Lipinski definition) is 7. The van der Waals surface area contributed by atoms with Crippen LogP contribution in [0.3, 0.4) is 0 Å². The number of nitrogens with one attached hydrogen (secondary N) is 1. The van der Waals surface area contributed by atoms with E-state index in [0.717, 1.165) is 16.7 Å². The lowest BCUT2D eigenvalue weighted by molar-refractivity contribution is -0.133. The summed E-state index contributed by atoms with van der Waals surface area (Å²) >= 11 is 0. The highest BCUT2D eigenvalue weighted by atomic mass is 16.5. The van der Waals surface area contributed by atoms with Gasteiger partial charge in [0.1, 0.15) is 17.2 Å². The molecule has 10 nitrogen and oxygen atoms in total. The van der Waals surface area contributed by atoms with Crippen LogP contribution in [0.2, 0.25) is 0 Å². The Morgan fingerprint density at radius 3 is 2.88 bits per heavy atom. The van der Waals surface area contributed by atoms with Gasteiger partial charge in [0.2, 0.25) is 5.91 Å². The molecule has 4 heterocycles. The summed E-state index contributed by atoms with van der Waals surface area (Å²) in [5.41, 5.74) is 3.01. The third-order valence-corrected chi connectivity index (χ3v) is 7.58. The standard InChI is InChI=1S/C32H32N4O6/c1-40-28-20-25-21-9-15-36(30(38)10-14-35-13-3-12-34-35)31(25)22-5-2-6-23(17-22)41-16-4-11-33-32(39)26-19-24(7-8-27(26)37)42-29(28)18-21/h2-3,5-8,12-13,17-20,31,37H,4,9-11,14-16H2,1H3,(H,33,39). The number of benzene rings is 3. The minimum absolute atomic E-state index is 0.0290. The second-order valence-electron chi connectivity index (χ2n) is 10.3. The predicted octanol–water partition coefficient (Wildman–Crippen LogP) is 4.47. The molecule has 1 aromatic heterocycles. The van der Waals surface area contributed by atoms with Crippen LogP contribution in [-0.4, -0.2) is 58.4 Å². The molecule has 3 aromatic carbocycles. The molecule has 0 saturated carbocycles. The van der Waals surface area contributed by atoms with Crippen LogP contribution in [0.4, 0.5) is 0 Å². The number of hydrogen-bond donors (Lipinski definition) is 2. The van der Waals surface area contributed by atoms with Gasteiger partial charge in [-0.25, -0.2) is 0 Å². The Labute approximate surface area is 243 Å². The number of nitrogens with zero attached hydrogens (tertiary/aromatic N) is 3. The van der Waals surface area contributed by atoms with Crippen molar-refractivity contribution < 1.29 is 28.9 Å². The van der Waals surface area contributed by atoms with Crippen molar-refractivity contribution in [3.63, 3.8) is 0 Å². The van der Waals surface area contributed by atoms with Crippen LogP contribution in [0, 0.1) is 0 Å². The van der Waals surface area contributed by atoms with Gasteiger partial charge < -0.3 is 29.5 Å². The first kappa shape index (κ1) is 27.2. The van der Waals surface area contributed by atoms with Gasteiger partial charge >= 0.3 is 0 Å². The molecule has 0 spiro atoms. The molecule has 216 valence electrons. The van der Waals surface area contributed by atoms with Crippen molar-refractivity contribution in [2.45, 2.75) is 31.8 Å². The van der Waals surface area contributed by atoms with E-state index in [9.17, 15) is 14.7 Å². The topological polar surface area (TPSA) is 115 Å². The summed E-state index contributed by atoms with van der Waals surface area (Å²) in [6.45, 7) is 1.76. The van der Waals surface area contributed by atoms with E-state index in [-0.39, 0.29) is 23.3 Å². The van der Waals surface area contributed by atoms with Gasteiger partial charge in [0.25, 0.3) is 5.91 Å². The van der Waals surface area contributed by atoms with E-state index in [1.54, 1.807) is 24.1 Å². The van der Waals surface area contributed by atoms with Crippen molar-refractivity contribution in [3.8, 4) is 28.7 Å². The van der Waals surface area contributed by atoms with Gasteiger partial charge in [-0.05, 0) is 78.1 Å². The minimum Gasteiger partial charge on any atom is -0.507 e. The number of amides is 2. The highest BCUT2D eigenvalue weighted by molar-refractivity contribution is 5.97. The first-order valence-electron chi connectivity index (χ1n) is 14.0. The molecule has 1 atom stereocenters. The zero-order valence-corrected chi connectivity index (χ0v) is 23.3. The summed E-state index contributed by atoms with van der Waals surface area (Å²) in [7, 11) is 1.57. The molecule has 1 unspecified atom stereocenters. The smallest absolute Gasteiger partial charge is 0.255 e. The van der Waals surface area contributed by atoms with Crippen molar-refractivity contribution >= 4 is 11.8 Å². The van der Waals surface area contributed by atoms with Crippen LogP contribution in [0.25, 0.3) is 0 Å². The zero-order valence-electron chi connectivity index (χ0n) is 23.3. The Bertz CT molecular complexity index is 1600. The number of phenolic OH excluding ortho intramolecular Hbond substituents is 1. The van der Waals surface area contributed by atoms with E-state index in [2.05, 4.69) is 10.4 Å². The first-order valence-corrected chi connectivity index (χ1v) is 14.0. The zero-order chi connectivity index (χ0) is 29.1. The predicted molar refractivity (Wildman–Crippen MR) is 154 cm³/mol. The molecular weight excluding hydrogens is 536 g/mol. The Hall–Kier alpha value is -4.99. The van der Waals surface area contributed by atoms with Gasteiger partial charge in [0.05, 0.1) is 25.3 Å². The monoisotopic (exact) mass is 568 g/mol. The Kier molecular flexibility index (Phi) is 7.68. The molecule has 42 heavy (non-hydrogen) atoms. The molecule has 7 rings (SSSR count). The van der Waals surface area contributed by atoms with Crippen LogP contribution in [-0.2, 0) is 17.8 Å². The maximum Gasteiger partial charge on any atom is 0.255 e. The van der Waals surface area contributed by atoms with Gasteiger partial charge in [0, 0.05) is 38.4 Å². The van der Waals surface area contributed by atoms with E-state index >= 15 is 0 Å². The van der Waals surface area contributed by atoms with Crippen LogP contribution >= 0.6 is 0 Å². The van der Waals surface area contributed by atoms with E-state index in [4.69, 9.17) is 14.2 Å². The van der Waals surface area contributed by atoms with Crippen LogP contribution in [0.15, 0.2) is 73.1 Å². The molecule has 3 aliphatic rings. The van der Waals surface area contributed by atoms with Crippen molar-refractivity contribution in [1.82, 2.24) is 20.0 Å². The molecule has 2 amide bonds. The third-order valence-electron chi connectivity index (χ3n) is 7.58. The Morgan fingerprint density at radius 2 is 2.05 bits per heavy atom. The molecule has 3 aliphatic heterocycles. The molecule has 10 heteroatoms. The van der Waals surface area contributed by atoms with Crippen molar-refractivity contribution in [3.05, 3.63) is 95.3 Å². The van der Waals surface area contributed by atoms with E-state index in [0.29, 0.717) is 68.5 Å². The van der Waals surface area contributed by atoms with E-state index in [1.165, 1.54) is 12.1 Å². The number of ether oxygens (including phenoxy) is 3. The summed E-state index contributed by atoms with van der Waals surface area (Å²) in [6.07, 6.45) is 5.06. The van der Waals surface area contributed by atoms with Crippen molar-refractivity contribution in [2.75, 3.05) is 26.8 Å². The lowest BCUT2D eigenvalue weighted by atomic mass is 9.87. The van der Waals surface area contributed by atoms with Crippen molar-refractivity contribution in [1.29, 1.82) is 0 Å². The second-order valence-corrected chi connectivity index (χ2v) is 10.3. The average molecular weight is 569 g/mol. The molecule has 0 fully saturated rings. The second kappa shape index (κ2) is 11.9. The van der Waals surface area contributed by atoms with Gasteiger partial charge in [0.15, 0.2) is 11.5 Å². The summed E-state index contributed by atoms with van der Waals surface area (Å²) in [4.78, 5) is 28.4. The number of phenols is 1. The number of carbonyl (C=O) groups is 2. The molecule has 8 bridgehead atoms. The maximum atomic E-state index is 13.7. The van der Waals surface area contributed by atoms with Crippen LogP contribution < -0.4 is 19.5 Å². The number of aryl methyl sites for hydroxylation is 1. The number of aromatic nitrogens is 2. The molecule has 2 N–H and O–H groups in total. The third kappa shape index (κ3) is 5.60.